The molecule has 6 nitrogen and oxygen atoms in total. The molecule has 0 heterocycles. The molecule has 1 aromatic rings. The van der Waals surface area contributed by atoms with E-state index in [1.54, 1.807) is 0 Å². The zero-order chi connectivity index (χ0) is 15.5. The van der Waals surface area contributed by atoms with Gasteiger partial charge in [-0.25, -0.2) is 4.79 Å². The third-order valence-corrected chi connectivity index (χ3v) is 2.64. The van der Waals surface area contributed by atoms with Crippen LogP contribution in [0.4, 0.5) is 4.79 Å². The monoisotopic (exact) mass is 293 g/mol. The zero-order valence-electron chi connectivity index (χ0n) is 12.6. The summed E-state index contributed by atoms with van der Waals surface area (Å²) in [4.78, 5) is 22.9. The average molecular weight is 293 g/mol. The lowest BCUT2D eigenvalue weighted by molar-refractivity contribution is -0.120. The highest BCUT2D eigenvalue weighted by molar-refractivity contribution is 5.83. The Hall–Kier alpha value is -2.24. The smallest absolute Gasteiger partial charge is 0.315 e. The van der Waals surface area contributed by atoms with Crippen molar-refractivity contribution in [2.45, 2.75) is 26.8 Å². The Labute approximate surface area is 125 Å². The maximum Gasteiger partial charge on any atom is 0.315 e. The molecular formula is C15H23N3O3. The lowest BCUT2D eigenvalue weighted by Crippen LogP contribution is -2.41. The highest BCUT2D eigenvalue weighted by Gasteiger charge is 2.04. The van der Waals surface area contributed by atoms with Gasteiger partial charge in [0.05, 0.1) is 13.2 Å². The normalized spacial score (nSPS) is 9.81. The molecular weight excluding hydrogens is 270 g/mol. The van der Waals surface area contributed by atoms with E-state index in [0.29, 0.717) is 19.7 Å². The van der Waals surface area contributed by atoms with E-state index < -0.39 is 0 Å². The number of carbonyl (C=O) groups is 2. The zero-order valence-corrected chi connectivity index (χ0v) is 12.6. The third-order valence-electron chi connectivity index (χ3n) is 2.64. The van der Waals surface area contributed by atoms with Crippen molar-refractivity contribution in [3.63, 3.8) is 0 Å². The highest BCUT2D eigenvalue weighted by atomic mass is 16.5. The third kappa shape index (κ3) is 7.20. The van der Waals surface area contributed by atoms with Crippen LogP contribution in [0.2, 0.25) is 0 Å². The number of hydrogen-bond donors (Lipinski definition) is 3. The molecule has 0 aromatic heterocycles. The molecule has 1 aromatic carbocycles. The van der Waals surface area contributed by atoms with Crippen molar-refractivity contribution in [2.24, 2.45) is 0 Å². The SMILES string of the molecule is CCCNC(=O)CNC(=O)NCc1cccc(OCC)c1. The number of benzene rings is 1. The summed E-state index contributed by atoms with van der Waals surface area (Å²) >= 11 is 0. The van der Waals surface area contributed by atoms with Crippen LogP contribution in [0.5, 0.6) is 5.75 Å². The topological polar surface area (TPSA) is 79.5 Å². The van der Waals surface area contributed by atoms with Gasteiger partial charge in [0.1, 0.15) is 5.75 Å². The first kappa shape index (κ1) is 16.8. The molecule has 0 radical (unpaired) electrons. The van der Waals surface area contributed by atoms with Crippen LogP contribution < -0.4 is 20.7 Å². The summed E-state index contributed by atoms with van der Waals surface area (Å²) < 4.78 is 5.39. The summed E-state index contributed by atoms with van der Waals surface area (Å²) in [6.45, 7) is 5.46. The Morgan fingerprint density at radius 1 is 1.14 bits per heavy atom. The van der Waals surface area contributed by atoms with Crippen LogP contribution in [0.25, 0.3) is 0 Å². The Bertz CT molecular complexity index is 463. The molecule has 0 aliphatic carbocycles. The van der Waals surface area contributed by atoms with Gasteiger partial charge in [-0.1, -0.05) is 19.1 Å². The lowest BCUT2D eigenvalue weighted by Gasteiger charge is -2.09. The minimum atomic E-state index is -0.372. The second-order valence-corrected chi connectivity index (χ2v) is 4.47. The van der Waals surface area contributed by atoms with Gasteiger partial charge >= 0.3 is 6.03 Å². The number of carbonyl (C=O) groups excluding carboxylic acids is 2. The molecule has 1 rings (SSSR count). The van der Waals surface area contributed by atoms with Gasteiger partial charge in [-0.3, -0.25) is 4.79 Å². The molecule has 0 aliphatic heterocycles. The number of hydrogen-bond acceptors (Lipinski definition) is 3. The molecule has 0 bridgehead atoms. The van der Waals surface area contributed by atoms with Gasteiger partial charge in [0, 0.05) is 13.1 Å². The van der Waals surface area contributed by atoms with Gasteiger partial charge in [-0.2, -0.15) is 0 Å². The van der Waals surface area contributed by atoms with Crippen molar-refractivity contribution in [3.8, 4) is 5.75 Å². The quantitative estimate of drug-likeness (QED) is 0.678. The molecule has 21 heavy (non-hydrogen) atoms. The van der Waals surface area contributed by atoms with Crippen molar-refractivity contribution in [2.75, 3.05) is 19.7 Å². The largest absolute Gasteiger partial charge is 0.494 e. The van der Waals surface area contributed by atoms with E-state index in [1.165, 1.54) is 0 Å². The van der Waals surface area contributed by atoms with E-state index in [4.69, 9.17) is 4.74 Å². The minimum Gasteiger partial charge on any atom is -0.494 e. The lowest BCUT2D eigenvalue weighted by atomic mass is 10.2. The summed E-state index contributed by atoms with van der Waals surface area (Å²) in [5.74, 6) is 0.585. The molecule has 0 fully saturated rings. The second kappa shape index (κ2) is 9.63. The van der Waals surface area contributed by atoms with Crippen molar-refractivity contribution in [1.29, 1.82) is 0 Å². The van der Waals surface area contributed by atoms with Crippen LogP contribution in [-0.4, -0.2) is 31.6 Å². The fourth-order valence-electron chi connectivity index (χ4n) is 1.64. The van der Waals surface area contributed by atoms with Gasteiger partial charge in [0.2, 0.25) is 5.91 Å². The van der Waals surface area contributed by atoms with Crippen molar-refractivity contribution in [1.82, 2.24) is 16.0 Å². The van der Waals surface area contributed by atoms with E-state index in [1.807, 2.05) is 38.1 Å². The van der Waals surface area contributed by atoms with Gasteiger partial charge in [-0.15, -0.1) is 0 Å². The van der Waals surface area contributed by atoms with Gasteiger partial charge in [0.15, 0.2) is 0 Å². The fourth-order valence-corrected chi connectivity index (χ4v) is 1.64. The summed E-state index contributed by atoms with van der Waals surface area (Å²) in [5, 5.41) is 7.89. The predicted octanol–water partition coefficient (Wildman–Crippen LogP) is 1.41. The summed E-state index contributed by atoms with van der Waals surface area (Å²) in [7, 11) is 0. The number of amides is 3. The van der Waals surface area contributed by atoms with Crippen molar-refractivity contribution < 1.29 is 14.3 Å². The molecule has 0 saturated carbocycles. The molecule has 0 saturated heterocycles. The van der Waals surface area contributed by atoms with Crippen LogP contribution in [0.3, 0.4) is 0 Å². The number of urea groups is 1. The summed E-state index contributed by atoms with van der Waals surface area (Å²) in [5.41, 5.74) is 0.937. The Kier molecular flexibility index (Phi) is 7.71. The van der Waals surface area contributed by atoms with Gasteiger partial charge in [0.25, 0.3) is 0 Å². The van der Waals surface area contributed by atoms with Crippen LogP contribution in [-0.2, 0) is 11.3 Å². The van der Waals surface area contributed by atoms with Crippen LogP contribution >= 0.6 is 0 Å². The molecule has 116 valence electrons. The standard InChI is InChI=1S/C15H23N3O3/c1-3-8-16-14(19)11-18-15(20)17-10-12-6-5-7-13(9-12)21-4-2/h5-7,9H,3-4,8,10-11H2,1-2H3,(H,16,19)(H2,17,18,20). The molecule has 6 heteroatoms. The maximum absolute atomic E-state index is 11.6. The van der Waals surface area contributed by atoms with Crippen LogP contribution in [0.1, 0.15) is 25.8 Å². The first-order valence-corrected chi connectivity index (χ1v) is 7.15. The van der Waals surface area contributed by atoms with E-state index in [9.17, 15) is 9.59 Å². The van der Waals surface area contributed by atoms with E-state index in [2.05, 4.69) is 16.0 Å². The Morgan fingerprint density at radius 3 is 2.67 bits per heavy atom. The molecule has 0 atom stereocenters. The Morgan fingerprint density at radius 2 is 1.95 bits per heavy atom. The molecule has 0 unspecified atom stereocenters. The van der Waals surface area contributed by atoms with Crippen molar-refractivity contribution in [3.05, 3.63) is 29.8 Å². The summed E-state index contributed by atoms with van der Waals surface area (Å²) in [6, 6.07) is 7.14. The van der Waals surface area contributed by atoms with Gasteiger partial charge in [-0.05, 0) is 31.0 Å². The van der Waals surface area contributed by atoms with Crippen LogP contribution in [0, 0.1) is 0 Å². The fraction of sp³-hybridized carbons (Fsp3) is 0.467. The summed E-state index contributed by atoms with van der Waals surface area (Å²) in [6.07, 6.45) is 0.869. The van der Waals surface area contributed by atoms with E-state index in [0.717, 1.165) is 17.7 Å². The van der Waals surface area contributed by atoms with Crippen molar-refractivity contribution >= 4 is 11.9 Å². The Balaban J connectivity index is 2.29. The number of rotatable bonds is 8. The average Bonchev–Trinajstić information content (AvgIpc) is 2.49. The predicted molar refractivity (Wildman–Crippen MR) is 81.2 cm³/mol. The minimum absolute atomic E-state index is 0.0230. The first-order chi connectivity index (χ1) is 10.2. The maximum atomic E-state index is 11.6. The molecule has 0 aliphatic rings. The van der Waals surface area contributed by atoms with Crippen LogP contribution in [0.15, 0.2) is 24.3 Å². The number of ether oxygens (including phenoxy) is 1. The first-order valence-electron chi connectivity index (χ1n) is 7.15. The molecule has 0 spiro atoms. The van der Waals surface area contributed by atoms with Gasteiger partial charge < -0.3 is 20.7 Å². The molecule has 3 N–H and O–H groups in total. The highest BCUT2D eigenvalue weighted by Crippen LogP contribution is 2.12. The number of nitrogens with one attached hydrogen (secondary N) is 3. The second-order valence-electron chi connectivity index (χ2n) is 4.47. The van der Waals surface area contributed by atoms with E-state index in [-0.39, 0.29) is 18.5 Å². The molecule has 3 amide bonds. The van der Waals surface area contributed by atoms with E-state index >= 15 is 0 Å².